The molecule has 0 aliphatic carbocycles. The van der Waals surface area contributed by atoms with Gasteiger partial charge in [-0.1, -0.05) is 12.1 Å². The van der Waals surface area contributed by atoms with Crippen LogP contribution in [-0.4, -0.2) is 29.4 Å². The van der Waals surface area contributed by atoms with Gasteiger partial charge in [0.2, 0.25) is 0 Å². The van der Waals surface area contributed by atoms with E-state index in [1.165, 1.54) is 0 Å². The number of carbonyl (C=O) groups excluding carboxylic acids is 1. The molecule has 0 fully saturated rings. The van der Waals surface area contributed by atoms with Gasteiger partial charge >= 0.3 is 12.1 Å². The number of hydrogen-bond acceptors (Lipinski definition) is 4. The summed E-state index contributed by atoms with van der Waals surface area (Å²) in [6, 6.07) is 5.34. The van der Waals surface area contributed by atoms with Crippen molar-refractivity contribution in [2.24, 2.45) is 0 Å². The summed E-state index contributed by atoms with van der Waals surface area (Å²) in [5.74, 6) is -0.521. The highest BCUT2D eigenvalue weighted by molar-refractivity contribution is 5.81. The third-order valence-corrected chi connectivity index (χ3v) is 2.43. The number of nitrogens with one attached hydrogen (secondary N) is 1. The molecule has 21 heavy (non-hydrogen) atoms. The van der Waals surface area contributed by atoms with Gasteiger partial charge in [-0.3, -0.25) is 0 Å². The Kier molecular flexibility index (Phi) is 5.58. The number of aliphatic carboxylic acids is 1. The number of rotatable bonds is 5. The molecule has 0 bridgehead atoms. The van der Waals surface area contributed by atoms with Gasteiger partial charge in [0, 0.05) is 0 Å². The fourth-order valence-electron chi connectivity index (χ4n) is 1.64. The van der Waals surface area contributed by atoms with Crippen LogP contribution in [0.3, 0.4) is 0 Å². The molecule has 1 atom stereocenters. The summed E-state index contributed by atoms with van der Waals surface area (Å²) in [5.41, 5.74) is -0.247. The molecular weight excluding hydrogens is 274 g/mol. The van der Waals surface area contributed by atoms with Crippen molar-refractivity contribution >= 4 is 12.1 Å². The second kappa shape index (κ2) is 6.97. The van der Waals surface area contributed by atoms with Crippen LogP contribution in [-0.2, 0) is 9.53 Å². The second-order valence-corrected chi connectivity index (χ2v) is 5.42. The molecule has 1 aromatic carbocycles. The van der Waals surface area contributed by atoms with Crippen molar-refractivity contribution in [1.29, 1.82) is 0 Å². The van der Waals surface area contributed by atoms with Gasteiger partial charge in [-0.05, 0) is 45.4 Å². The molecule has 0 spiro atoms. The SMILES string of the molecule is CCOc1ccc(C(NC(=O)OC(C)(C)C)C(=O)O)cc1. The molecule has 6 heteroatoms. The molecule has 0 saturated heterocycles. The van der Waals surface area contributed by atoms with E-state index in [-0.39, 0.29) is 0 Å². The molecule has 116 valence electrons. The van der Waals surface area contributed by atoms with Gasteiger partial charge in [-0.25, -0.2) is 9.59 Å². The molecule has 6 nitrogen and oxygen atoms in total. The molecular formula is C15H21NO5. The smallest absolute Gasteiger partial charge is 0.408 e. The van der Waals surface area contributed by atoms with E-state index in [0.717, 1.165) is 0 Å². The predicted octanol–water partition coefficient (Wildman–Crippen LogP) is 2.74. The van der Waals surface area contributed by atoms with E-state index >= 15 is 0 Å². The number of carboxylic acid groups (broad SMARTS) is 1. The Morgan fingerprint density at radius 1 is 1.24 bits per heavy atom. The van der Waals surface area contributed by atoms with Crippen molar-refractivity contribution in [2.75, 3.05) is 6.61 Å². The first-order chi connectivity index (χ1) is 9.73. The molecule has 2 N–H and O–H groups in total. The maximum absolute atomic E-state index is 11.7. The summed E-state index contributed by atoms with van der Waals surface area (Å²) in [4.78, 5) is 23.0. The lowest BCUT2D eigenvalue weighted by Gasteiger charge is -2.22. The lowest BCUT2D eigenvalue weighted by atomic mass is 10.1. The van der Waals surface area contributed by atoms with Crippen molar-refractivity contribution in [3.63, 3.8) is 0 Å². The van der Waals surface area contributed by atoms with Crippen LogP contribution >= 0.6 is 0 Å². The Balaban J connectivity index is 2.82. The first-order valence-corrected chi connectivity index (χ1v) is 6.68. The molecule has 0 aliphatic rings. The van der Waals surface area contributed by atoms with Crippen molar-refractivity contribution < 1.29 is 24.2 Å². The predicted molar refractivity (Wildman–Crippen MR) is 77.4 cm³/mol. The molecule has 1 rings (SSSR count). The van der Waals surface area contributed by atoms with Crippen LogP contribution in [0.5, 0.6) is 5.75 Å². The summed E-state index contributed by atoms with van der Waals surface area (Å²) in [7, 11) is 0. The highest BCUT2D eigenvalue weighted by atomic mass is 16.6. The van der Waals surface area contributed by atoms with Crippen LogP contribution < -0.4 is 10.1 Å². The van der Waals surface area contributed by atoms with Gasteiger partial charge in [0.25, 0.3) is 0 Å². The van der Waals surface area contributed by atoms with Gasteiger partial charge in [-0.2, -0.15) is 0 Å². The number of hydrogen-bond donors (Lipinski definition) is 2. The highest BCUT2D eigenvalue weighted by Crippen LogP contribution is 2.19. The van der Waals surface area contributed by atoms with Gasteiger partial charge < -0.3 is 19.9 Å². The minimum absolute atomic E-state index is 0.441. The lowest BCUT2D eigenvalue weighted by molar-refractivity contribution is -0.139. The van der Waals surface area contributed by atoms with Crippen LogP contribution in [0, 0.1) is 0 Å². The summed E-state index contributed by atoms with van der Waals surface area (Å²) in [5, 5.41) is 11.6. The highest BCUT2D eigenvalue weighted by Gasteiger charge is 2.25. The Bertz CT molecular complexity index is 490. The van der Waals surface area contributed by atoms with E-state index in [1.807, 2.05) is 6.92 Å². The lowest BCUT2D eigenvalue weighted by Crippen LogP contribution is -2.38. The Morgan fingerprint density at radius 3 is 2.24 bits per heavy atom. The number of ether oxygens (including phenoxy) is 2. The van der Waals surface area contributed by atoms with E-state index < -0.39 is 23.7 Å². The maximum atomic E-state index is 11.7. The third kappa shape index (κ3) is 5.72. The first kappa shape index (κ1) is 16.8. The standard InChI is InChI=1S/C15H21NO5/c1-5-20-11-8-6-10(7-9-11)12(13(17)18)16-14(19)21-15(2,3)4/h6-9,12H,5H2,1-4H3,(H,16,19)(H,17,18). The molecule has 0 saturated carbocycles. The monoisotopic (exact) mass is 295 g/mol. The van der Waals surface area contributed by atoms with Gasteiger partial charge in [0.15, 0.2) is 6.04 Å². The van der Waals surface area contributed by atoms with Crippen molar-refractivity contribution in [1.82, 2.24) is 5.32 Å². The number of alkyl carbamates (subject to hydrolysis) is 1. The van der Waals surface area contributed by atoms with Gasteiger partial charge in [0.1, 0.15) is 11.4 Å². The molecule has 1 aromatic rings. The molecule has 0 heterocycles. The average Bonchev–Trinajstić information content (AvgIpc) is 2.35. The van der Waals surface area contributed by atoms with Crippen LogP contribution in [0.1, 0.15) is 39.3 Å². The van der Waals surface area contributed by atoms with Crippen LogP contribution in [0.4, 0.5) is 4.79 Å². The first-order valence-electron chi connectivity index (χ1n) is 6.68. The van der Waals surface area contributed by atoms with Gasteiger partial charge in [0.05, 0.1) is 6.61 Å². The second-order valence-electron chi connectivity index (χ2n) is 5.42. The molecule has 0 aliphatic heterocycles. The third-order valence-electron chi connectivity index (χ3n) is 2.43. The summed E-state index contributed by atoms with van der Waals surface area (Å²) < 4.78 is 10.4. The Hall–Kier alpha value is -2.24. The van der Waals surface area contributed by atoms with E-state index in [0.29, 0.717) is 17.9 Å². The number of benzene rings is 1. The zero-order chi connectivity index (χ0) is 16.0. The normalized spacial score (nSPS) is 12.4. The molecule has 0 aromatic heterocycles. The summed E-state index contributed by atoms with van der Waals surface area (Å²) >= 11 is 0. The number of carbonyl (C=O) groups is 2. The van der Waals surface area contributed by atoms with Crippen molar-refractivity contribution in [2.45, 2.75) is 39.3 Å². The maximum Gasteiger partial charge on any atom is 0.408 e. The summed E-state index contributed by atoms with van der Waals surface area (Å²) in [6.07, 6.45) is -0.774. The van der Waals surface area contributed by atoms with E-state index in [2.05, 4.69) is 5.32 Å². The van der Waals surface area contributed by atoms with Crippen LogP contribution in [0.25, 0.3) is 0 Å². The topological polar surface area (TPSA) is 84.9 Å². The fraction of sp³-hybridized carbons (Fsp3) is 0.467. The average molecular weight is 295 g/mol. The molecule has 1 amide bonds. The van der Waals surface area contributed by atoms with Gasteiger partial charge in [-0.15, -0.1) is 0 Å². The largest absolute Gasteiger partial charge is 0.494 e. The molecule has 0 radical (unpaired) electrons. The number of amides is 1. The van der Waals surface area contributed by atoms with Crippen molar-refractivity contribution in [3.05, 3.63) is 29.8 Å². The Labute approximate surface area is 124 Å². The van der Waals surface area contributed by atoms with Crippen LogP contribution in [0.2, 0.25) is 0 Å². The molecule has 1 unspecified atom stereocenters. The van der Waals surface area contributed by atoms with E-state index in [1.54, 1.807) is 45.0 Å². The minimum Gasteiger partial charge on any atom is -0.494 e. The van der Waals surface area contributed by atoms with Crippen LogP contribution in [0.15, 0.2) is 24.3 Å². The quantitative estimate of drug-likeness (QED) is 0.872. The zero-order valence-electron chi connectivity index (χ0n) is 12.7. The van der Waals surface area contributed by atoms with E-state index in [4.69, 9.17) is 9.47 Å². The van der Waals surface area contributed by atoms with Crippen molar-refractivity contribution in [3.8, 4) is 5.75 Å². The minimum atomic E-state index is -1.17. The Morgan fingerprint density at radius 2 is 1.81 bits per heavy atom. The zero-order valence-corrected chi connectivity index (χ0v) is 12.7. The summed E-state index contributed by atoms with van der Waals surface area (Å²) in [6.45, 7) is 7.51. The van der Waals surface area contributed by atoms with E-state index in [9.17, 15) is 14.7 Å². The number of carboxylic acids is 1. The fourth-order valence-corrected chi connectivity index (χ4v) is 1.64.